The fraction of sp³-hybridized carbons (Fsp3) is 0.286. The SMILES string of the molecule is COc1cc(NC(=O)N2C[C@H](O)CN([O-])c3ccc(-c4cncc(C(O)(O)F)c4)nc32)nc(OC)n1. The van der Waals surface area contributed by atoms with Gasteiger partial charge in [-0.3, -0.25) is 15.2 Å². The highest BCUT2D eigenvalue weighted by Crippen LogP contribution is 2.34. The van der Waals surface area contributed by atoms with Crippen LogP contribution in [0.15, 0.2) is 36.7 Å². The number of carbonyl (C=O) groups excluding carboxylic acids is 1. The lowest BCUT2D eigenvalue weighted by Gasteiger charge is -2.31. The molecule has 3 aromatic heterocycles. The first kappa shape index (κ1) is 24.9. The van der Waals surface area contributed by atoms with Gasteiger partial charge in [-0.2, -0.15) is 14.4 Å². The number of rotatable bonds is 5. The van der Waals surface area contributed by atoms with Gasteiger partial charge in [-0.1, -0.05) is 0 Å². The van der Waals surface area contributed by atoms with E-state index in [2.05, 4.69) is 25.3 Å². The number of hydrogen-bond acceptors (Lipinski definition) is 12. The van der Waals surface area contributed by atoms with Crippen molar-refractivity contribution in [2.75, 3.05) is 42.6 Å². The van der Waals surface area contributed by atoms with Crippen LogP contribution in [0.3, 0.4) is 0 Å². The molecule has 0 aromatic carbocycles. The summed E-state index contributed by atoms with van der Waals surface area (Å²) in [5.74, 6) is 0.0133. The van der Waals surface area contributed by atoms with Gasteiger partial charge in [0.25, 0.3) is 0 Å². The number of nitrogens with zero attached hydrogens (tertiary/aromatic N) is 6. The molecule has 15 heteroatoms. The first-order valence-electron chi connectivity index (χ1n) is 10.4. The van der Waals surface area contributed by atoms with E-state index in [1.807, 2.05) is 0 Å². The average Bonchev–Trinajstić information content (AvgIpc) is 2.98. The van der Waals surface area contributed by atoms with Crippen molar-refractivity contribution in [1.29, 1.82) is 0 Å². The summed E-state index contributed by atoms with van der Waals surface area (Å²) in [6.07, 6.45) is 0.988. The number of hydrogen-bond donors (Lipinski definition) is 4. The van der Waals surface area contributed by atoms with E-state index in [1.54, 1.807) is 0 Å². The predicted molar refractivity (Wildman–Crippen MR) is 123 cm³/mol. The van der Waals surface area contributed by atoms with Crippen LogP contribution < -0.4 is 24.8 Å². The summed E-state index contributed by atoms with van der Waals surface area (Å²) in [7, 11) is 2.70. The molecule has 0 fully saturated rings. The van der Waals surface area contributed by atoms with E-state index in [-0.39, 0.29) is 53.6 Å². The first-order chi connectivity index (χ1) is 17.1. The second kappa shape index (κ2) is 9.82. The summed E-state index contributed by atoms with van der Waals surface area (Å²) in [5.41, 5.74) is -0.246. The van der Waals surface area contributed by atoms with E-state index in [4.69, 9.17) is 9.47 Å². The maximum atomic E-state index is 13.6. The van der Waals surface area contributed by atoms with E-state index in [0.29, 0.717) is 5.06 Å². The normalized spacial score (nSPS) is 15.7. The number of aliphatic hydroxyl groups is 3. The zero-order valence-electron chi connectivity index (χ0n) is 19.0. The van der Waals surface area contributed by atoms with Crippen molar-refractivity contribution >= 4 is 23.4 Å². The van der Waals surface area contributed by atoms with Crippen LogP contribution in [-0.4, -0.2) is 74.7 Å². The third kappa shape index (κ3) is 5.23. The molecule has 3 aromatic rings. The third-order valence-corrected chi connectivity index (χ3v) is 5.10. The molecule has 1 aliphatic heterocycles. The Labute approximate surface area is 203 Å². The lowest BCUT2D eigenvalue weighted by Crippen LogP contribution is -2.41. The average molecular weight is 502 g/mol. The fourth-order valence-corrected chi connectivity index (χ4v) is 3.41. The van der Waals surface area contributed by atoms with Crippen molar-refractivity contribution < 1.29 is 34.0 Å². The van der Waals surface area contributed by atoms with Gasteiger partial charge in [-0.15, -0.1) is 0 Å². The Balaban J connectivity index is 1.74. The van der Waals surface area contributed by atoms with Crippen molar-refractivity contribution in [1.82, 2.24) is 19.9 Å². The number of anilines is 3. The molecule has 0 aliphatic carbocycles. The van der Waals surface area contributed by atoms with Gasteiger partial charge in [-0.05, 0) is 18.2 Å². The number of urea groups is 1. The number of carbonyl (C=O) groups is 1. The van der Waals surface area contributed by atoms with Crippen molar-refractivity contribution in [2.24, 2.45) is 0 Å². The molecule has 0 saturated carbocycles. The van der Waals surface area contributed by atoms with Crippen molar-refractivity contribution in [2.45, 2.75) is 12.1 Å². The van der Waals surface area contributed by atoms with Crippen LogP contribution in [0.5, 0.6) is 11.9 Å². The number of aromatic nitrogens is 4. The highest BCUT2D eigenvalue weighted by Gasteiger charge is 2.30. The summed E-state index contributed by atoms with van der Waals surface area (Å²) in [6, 6.07) is 0.723. The number of β-amino-alcohol motifs (C(OH)–C–C–N with tert-alkyl or cyclic N) is 1. The van der Waals surface area contributed by atoms with Crippen LogP contribution in [0, 0.1) is 5.21 Å². The minimum atomic E-state index is -3.63. The predicted octanol–water partition coefficient (Wildman–Crippen LogP) is 0.732. The zero-order valence-corrected chi connectivity index (χ0v) is 19.0. The number of pyridine rings is 2. The Morgan fingerprint density at radius 2 is 1.94 bits per heavy atom. The summed E-state index contributed by atoms with van der Waals surface area (Å²) in [4.78, 5) is 30.4. The minimum absolute atomic E-state index is 0.0150. The lowest BCUT2D eigenvalue weighted by atomic mass is 10.1. The van der Waals surface area contributed by atoms with Crippen LogP contribution in [0.2, 0.25) is 0 Å². The molecule has 0 spiro atoms. The number of alkyl halides is 1. The monoisotopic (exact) mass is 502 g/mol. The molecular weight excluding hydrogens is 481 g/mol. The van der Waals surface area contributed by atoms with E-state index in [1.165, 1.54) is 38.6 Å². The van der Waals surface area contributed by atoms with Crippen molar-refractivity contribution in [3.05, 3.63) is 47.4 Å². The minimum Gasteiger partial charge on any atom is -0.758 e. The Kier molecular flexibility index (Phi) is 6.80. The number of ether oxygens (including phenoxy) is 2. The fourth-order valence-electron chi connectivity index (χ4n) is 3.41. The zero-order chi connectivity index (χ0) is 26.0. The quantitative estimate of drug-likeness (QED) is 0.359. The topological polar surface area (TPSA) is 189 Å². The van der Waals surface area contributed by atoms with Gasteiger partial charge in [0.1, 0.15) is 5.82 Å². The second-order valence-corrected chi connectivity index (χ2v) is 7.63. The van der Waals surface area contributed by atoms with E-state index in [9.17, 15) is 29.7 Å². The maximum Gasteiger partial charge on any atom is 0.345 e. The van der Waals surface area contributed by atoms with Crippen LogP contribution in [-0.2, 0) is 6.04 Å². The summed E-state index contributed by atoms with van der Waals surface area (Å²) in [5, 5.41) is 44.5. The van der Waals surface area contributed by atoms with Gasteiger partial charge in [0.05, 0.1) is 43.8 Å². The summed E-state index contributed by atoms with van der Waals surface area (Å²) < 4.78 is 23.7. The third-order valence-electron chi connectivity index (χ3n) is 5.10. The van der Waals surface area contributed by atoms with Crippen molar-refractivity contribution in [3.63, 3.8) is 0 Å². The molecule has 4 rings (SSSR count). The van der Waals surface area contributed by atoms with E-state index < -0.39 is 23.7 Å². The van der Waals surface area contributed by atoms with Gasteiger partial charge in [-0.25, -0.2) is 9.78 Å². The molecule has 0 bridgehead atoms. The van der Waals surface area contributed by atoms with Crippen LogP contribution in [0.4, 0.5) is 26.5 Å². The van der Waals surface area contributed by atoms with Crippen LogP contribution in [0.1, 0.15) is 5.56 Å². The number of methoxy groups -OCH3 is 2. The number of nitrogens with one attached hydrogen (secondary N) is 1. The molecule has 4 N–H and O–H groups in total. The van der Waals surface area contributed by atoms with Crippen molar-refractivity contribution in [3.8, 4) is 23.1 Å². The number of aliphatic hydroxyl groups excluding tert-OH is 1. The lowest BCUT2D eigenvalue weighted by molar-refractivity contribution is -0.269. The molecular formula is C21H21FN7O7-. The number of hydroxylamine groups is 1. The van der Waals surface area contributed by atoms with Crippen LogP contribution in [0.25, 0.3) is 11.3 Å². The number of amides is 2. The van der Waals surface area contributed by atoms with E-state index in [0.717, 1.165) is 17.2 Å². The Bertz CT molecular complexity index is 1250. The standard InChI is InChI=1S/C21H21FN7O7/c1-35-17-6-16(25-19(27-17)36-2)26-20(31)28-9-13(30)10-29(34)15-4-3-14(24-18(15)28)11-5-12(8-23-7-11)21(22,32)33/h3-8,13,30,32-33H,9-10H2,1-2H3,(H,25,26,27,31)/q-1/t13-/m0/s1. The molecule has 0 radical (unpaired) electrons. The van der Waals surface area contributed by atoms with Gasteiger partial charge in [0.15, 0.2) is 5.82 Å². The molecule has 4 heterocycles. The molecule has 190 valence electrons. The van der Waals surface area contributed by atoms with Gasteiger partial charge in [0.2, 0.25) is 5.88 Å². The molecule has 2 amide bonds. The molecule has 1 aliphatic rings. The maximum absolute atomic E-state index is 13.6. The van der Waals surface area contributed by atoms with Crippen LogP contribution >= 0.6 is 0 Å². The summed E-state index contributed by atoms with van der Waals surface area (Å²) >= 11 is 0. The highest BCUT2D eigenvalue weighted by molar-refractivity contribution is 6.03. The Morgan fingerprint density at radius 1 is 1.17 bits per heavy atom. The largest absolute Gasteiger partial charge is 0.758 e. The Morgan fingerprint density at radius 3 is 2.64 bits per heavy atom. The molecule has 36 heavy (non-hydrogen) atoms. The molecule has 14 nitrogen and oxygen atoms in total. The first-order valence-corrected chi connectivity index (χ1v) is 10.4. The highest BCUT2D eigenvalue weighted by atomic mass is 19.2. The van der Waals surface area contributed by atoms with E-state index >= 15 is 0 Å². The van der Waals surface area contributed by atoms with Gasteiger partial charge in [0, 0.05) is 30.6 Å². The molecule has 0 unspecified atom stereocenters. The molecule has 0 saturated heterocycles. The number of fused-ring (bicyclic) bond motifs is 1. The Hall–Kier alpha value is -4.18. The molecule has 1 atom stereocenters. The number of halogens is 1. The van der Waals surface area contributed by atoms with Gasteiger partial charge >= 0.3 is 18.1 Å². The summed E-state index contributed by atoms with van der Waals surface area (Å²) in [6.45, 7) is -0.629. The smallest absolute Gasteiger partial charge is 0.345 e. The second-order valence-electron chi connectivity index (χ2n) is 7.63. The van der Waals surface area contributed by atoms with Gasteiger partial charge < -0.3 is 35.1 Å².